The van der Waals surface area contributed by atoms with Gasteiger partial charge in [0.1, 0.15) is 0 Å². The third-order valence-electron chi connectivity index (χ3n) is 6.80. The highest BCUT2D eigenvalue weighted by atomic mass is 35.5. The normalized spacial score (nSPS) is 13.7. The minimum atomic E-state index is -3.74. The molecule has 7 rings (SSSR count). The second-order valence-electron chi connectivity index (χ2n) is 9.20. The number of rotatable bonds is 3. The van der Waals surface area contributed by atoms with Gasteiger partial charge in [0.05, 0.1) is 22.8 Å². The van der Waals surface area contributed by atoms with Crippen LogP contribution in [0.4, 0.5) is 8.78 Å². The molecule has 2 aromatic heterocycles. The summed E-state index contributed by atoms with van der Waals surface area (Å²) in [6.07, 6.45) is -0.591. The Hall–Kier alpha value is -5.02. The third kappa shape index (κ3) is 3.82. The van der Waals surface area contributed by atoms with Gasteiger partial charge in [-0.05, 0) is 47.0 Å². The molecule has 0 saturated heterocycles. The average molecular weight is 556 g/mol. The number of hydrogen-bond donors (Lipinski definition) is 1. The predicted molar refractivity (Wildman–Crippen MR) is 148 cm³/mol. The van der Waals surface area contributed by atoms with Crippen molar-refractivity contribution in [3.05, 3.63) is 117 Å². The van der Waals surface area contributed by atoms with Gasteiger partial charge < -0.3 is 14.5 Å². The summed E-state index contributed by atoms with van der Waals surface area (Å²) in [7, 11) is 0. The molecule has 7 nitrogen and oxygen atoms in total. The van der Waals surface area contributed by atoms with Gasteiger partial charge in [-0.25, -0.2) is 9.36 Å². The molecule has 6 aromatic rings. The molecule has 1 N–H and O–H groups in total. The van der Waals surface area contributed by atoms with Crippen LogP contribution in [0.15, 0.2) is 101 Å². The zero-order valence-corrected chi connectivity index (χ0v) is 21.1. The number of halogens is 3. The molecule has 40 heavy (non-hydrogen) atoms. The molecule has 4 aromatic carbocycles. The third-order valence-corrected chi connectivity index (χ3v) is 7.12. The van der Waals surface area contributed by atoms with Crippen molar-refractivity contribution in [2.24, 2.45) is 0 Å². The Morgan fingerprint density at radius 2 is 1.62 bits per heavy atom. The Morgan fingerprint density at radius 1 is 0.825 bits per heavy atom. The van der Waals surface area contributed by atoms with E-state index in [9.17, 15) is 18.4 Å². The number of pyridine rings is 1. The van der Waals surface area contributed by atoms with Gasteiger partial charge in [-0.3, -0.25) is 9.78 Å². The molecule has 0 saturated carbocycles. The maximum absolute atomic E-state index is 13.6. The van der Waals surface area contributed by atoms with Crippen LogP contribution in [0.2, 0.25) is 5.02 Å². The average Bonchev–Trinajstić information content (AvgIpc) is 3.25. The van der Waals surface area contributed by atoms with E-state index in [4.69, 9.17) is 11.6 Å². The Balaban J connectivity index is 1.38. The quantitative estimate of drug-likeness (QED) is 0.268. The maximum atomic E-state index is 13.6. The van der Waals surface area contributed by atoms with Crippen molar-refractivity contribution in [3.63, 3.8) is 0 Å². The molecule has 10 heteroatoms. The molecule has 0 aliphatic carbocycles. The van der Waals surface area contributed by atoms with E-state index in [-0.39, 0.29) is 16.9 Å². The minimum Gasteiger partial charge on any atom is -0.395 e. The minimum absolute atomic E-state index is 0.0710. The molecule has 0 bridgehead atoms. The Morgan fingerprint density at radius 3 is 2.50 bits per heavy atom. The Bertz CT molecular complexity index is 2120. The SMILES string of the molecule is O=c1[nH]c2cc(-c3c(Cl)cccc3-c3ccc4c(c3)OC(F)(F)O4)ccc2c(=O)n1-c1cncc2ccccc12. The number of hydrogen-bond acceptors (Lipinski definition) is 5. The largest absolute Gasteiger partial charge is 0.586 e. The maximum Gasteiger partial charge on any atom is 0.586 e. The standard InChI is InChI=1S/C30H16ClF2N3O4/c31-22-7-3-6-20(16-9-11-25-26(13-16)40-30(32,33)39-25)27(22)17-8-10-21-23(12-17)35-29(38)36(28(21)37)24-15-34-14-18-4-1-2-5-19(18)24/h1-15H,(H,35,38). The second kappa shape index (κ2) is 8.75. The molecule has 0 atom stereocenters. The lowest BCUT2D eigenvalue weighted by Crippen LogP contribution is -2.33. The van der Waals surface area contributed by atoms with Crippen LogP contribution in [-0.2, 0) is 0 Å². The molecule has 0 spiro atoms. The highest BCUT2D eigenvalue weighted by Gasteiger charge is 2.43. The van der Waals surface area contributed by atoms with Gasteiger partial charge in [0.25, 0.3) is 5.56 Å². The van der Waals surface area contributed by atoms with E-state index in [0.29, 0.717) is 43.9 Å². The van der Waals surface area contributed by atoms with Crippen molar-refractivity contribution < 1.29 is 18.3 Å². The van der Waals surface area contributed by atoms with Crippen molar-refractivity contribution in [2.75, 3.05) is 0 Å². The van der Waals surface area contributed by atoms with E-state index in [1.54, 1.807) is 48.7 Å². The lowest BCUT2D eigenvalue weighted by atomic mass is 9.93. The molecule has 0 unspecified atom stereocenters. The highest BCUT2D eigenvalue weighted by Crippen LogP contribution is 2.45. The number of aromatic nitrogens is 3. The highest BCUT2D eigenvalue weighted by molar-refractivity contribution is 6.34. The number of alkyl halides is 2. The van der Waals surface area contributed by atoms with Crippen molar-refractivity contribution >= 4 is 33.3 Å². The van der Waals surface area contributed by atoms with Crippen LogP contribution in [0.25, 0.3) is 49.6 Å². The van der Waals surface area contributed by atoms with Crippen molar-refractivity contribution in [3.8, 4) is 39.4 Å². The number of benzene rings is 4. The smallest absolute Gasteiger partial charge is 0.395 e. The van der Waals surface area contributed by atoms with Crippen molar-refractivity contribution in [1.29, 1.82) is 0 Å². The number of aromatic amines is 1. The fraction of sp³-hybridized carbons (Fsp3) is 0.0333. The van der Waals surface area contributed by atoms with Crippen LogP contribution < -0.4 is 20.7 Å². The van der Waals surface area contributed by atoms with Gasteiger partial charge in [0, 0.05) is 27.6 Å². The lowest BCUT2D eigenvalue weighted by Gasteiger charge is -2.14. The predicted octanol–water partition coefficient (Wildman–Crippen LogP) is 6.54. The summed E-state index contributed by atoms with van der Waals surface area (Å²) < 4.78 is 37.4. The molecule has 1 aliphatic rings. The van der Waals surface area contributed by atoms with E-state index < -0.39 is 17.5 Å². The van der Waals surface area contributed by atoms with Crippen LogP contribution in [0.5, 0.6) is 11.5 Å². The molecular formula is C30H16ClF2N3O4. The Kier molecular flexibility index (Phi) is 5.26. The van der Waals surface area contributed by atoms with Gasteiger partial charge in [0.15, 0.2) is 11.5 Å². The fourth-order valence-electron chi connectivity index (χ4n) is 5.05. The van der Waals surface area contributed by atoms with Crippen molar-refractivity contribution in [2.45, 2.75) is 6.29 Å². The van der Waals surface area contributed by atoms with E-state index in [0.717, 1.165) is 9.95 Å². The van der Waals surface area contributed by atoms with Gasteiger partial charge in [-0.1, -0.05) is 60.1 Å². The summed E-state index contributed by atoms with van der Waals surface area (Å²) in [5.41, 5.74) is 1.94. The first-order chi connectivity index (χ1) is 19.3. The van der Waals surface area contributed by atoms with Crippen LogP contribution >= 0.6 is 11.6 Å². The number of fused-ring (bicyclic) bond motifs is 3. The molecule has 3 heterocycles. The summed E-state index contributed by atoms with van der Waals surface area (Å²) in [6.45, 7) is 0. The number of nitrogens with zero attached hydrogens (tertiary/aromatic N) is 2. The van der Waals surface area contributed by atoms with Gasteiger partial charge >= 0.3 is 12.0 Å². The van der Waals surface area contributed by atoms with Gasteiger partial charge in [0.2, 0.25) is 0 Å². The number of nitrogens with one attached hydrogen (secondary N) is 1. The van der Waals surface area contributed by atoms with E-state index >= 15 is 0 Å². The lowest BCUT2D eigenvalue weighted by molar-refractivity contribution is -0.286. The summed E-state index contributed by atoms with van der Waals surface area (Å²) in [4.78, 5) is 33.8. The van der Waals surface area contributed by atoms with Crippen LogP contribution in [0.3, 0.4) is 0 Å². The first kappa shape index (κ1) is 24.1. The van der Waals surface area contributed by atoms with Crippen LogP contribution in [0.1, 0.15) is 0 Å². The van der Waals surface area contributed by atoms with Crippen LogP contribution in [0, 0.1) is 0 Å². The summed E-state index contributed by atoms with van der Waals surface area (Å²) in [5, 5.41) is 2.18. The zero-order chi connectivity index (χ0) is 27.6. The summed E-state index contributed by atoms with van der Waals surface area (Å²) in [5.74, 6) is -0.168. The second-order valence-corrected chi connectivity index (χ2v) is 9.61. The molecule has 0 radical (unpaired) electrons. The van der Waals surface area contributed by atoms with E-state index in [2.05, 4.69) is 19.4 Å². The molecule has 196 valence electrons. The summed E-state index contributed by atoms with van der Waals surface area (Å²) in [6, 6.07) is 22.0. The van der Waals surface area contributed by atoms with E-state index in [1.807, 2.05) is 24.3 Å². The number of ether oxygens (including phenoxy) is 2. The fourth-order valence-corrected chi connectivity index (χ4v) is 5.33. The van der Waals surface area contributed by atoms with Crippen molar-refractivity contribution in [1.82, 2.24) is 14.5 Å². The monoisotopic (exact) mass is 555 g/mol. The first-order valence-corrected chi connectivity index (χ1v) is 12.5. The first-order valence-electron chi connectivity index (χ1n) is 12.1. The zero-order valence-electron chi connectivity index (χ0n) is 20.3. The Labute approximate surface area is 228 Å². The van der Waals surface area contributed by atoms with Gasteiger partial charge in [-0.2, -0.15) is 0 Å². The molecule has 1 aliphatic heterocycles. The molecular weight excluding hydrogens is 540 g/mol. The van der Waals surface area contributed by atoms with Crippen LogP contribution in [-0.4, -0.2) is 20.8 Å². The molecule has 0 amide bonds. The number of H-pyrrole nitrogens is 1. The van der Waals surface area contributed by atoms with E-state index in [1.165, 1.54) is 18.3 Å². The van der Waals surface area contributed by atoms with Gasteiger partial charge in [-0.15, -0.1) is 8.78 Å². The summed E-state index contributed by atoms with van der Waals surface area (Å²) >= 11 is 6.63. The molecule has 0 fully saturated rings. The topological polar surface area (TPSA) is 86.2 Å².